The van der Waals surface area contributed by atoms with Crippen LogP contribution in [0.25, 0.3) is 0 Å². The van der Waals surface area contributed by atoms with Gasteiger partial charge in [-0.25, -0.2) is 9.29 Å². The van der Waals surface area contributed by atoms with Crippen molar-refractivity contribution in [2.24, 2.45) is 5.84 Å². The SMILES string of the molecule is Cc1cccc(C#CC=C2CCN(Sc3ccccc3NN)CC2)n1. The molecule has 0 atom stereocenters. The van der Waals surface area contributed by atoms with Gasteiger partial charge in [0, 0.05) is 23.7 Å². The summed E-state index contributed by atoms with van der Waals surface area (Å²) in [6.07, 6.45) is 4.14. The maximum Gasteiger partial charge on any atom is 0.113 e. The maximum absolute atomic E-state index is 5.58. The van der Waals surface area contributed by atoms with Gasteiger partial charge in [-0.2, -0.15) is 0 Å². The molecule has 2 aromatic rings. The summed E-state index contributed by atoms with van der Waals surface area (Å²) in [6, 6.07) is 14.0. The Morgan fingerprint density at radius 3 is 2.72 bits per heavy atom. The van der Waals surface area contributed by atoms with Gasteiger partial charge in [-0.3, -0.25) is 5.84 Å². The number of anilines is 1. The van der Waals surface area contributed by atoms with Gasteiger partial charge in [0.1, 0.15) is 5.69 Å². The van der Waals surface area contributed by atoms with Crippen molar-refractivity contribution in [1.82, 2.24) is 9.29 Å². The van der Waals surface area contributed by atoms with Crippen LogP contribution in [0.5, 0.6) is 0 Å². The Bertz CT molecular complexity index is 810. The van der Waals surface area contributed by atoms with Crippen molar-refractivity contribution in [3.8, 4) is 11.8 Å². The highest BCUT2D eigenvalue weighted by molar-refractivity contribution is 7.97. The summed E-state index contributed by atoms with van der Waals surface area (Å²) in [5.74, 6) is 11.9. The van der Waals surface area contributed by atoms with Gasteiger partial charge >= 0.3 is 0 Å². The van der Waals surface area contributed by atoms with Gasteiger partial charge in [-0.15, -0.1) is 0 Å². The molecule has 1 fully saturated rings. The zero-order valence-electron chi connectivity index (χ0n) is 14.3. The Balaban J connectivity index is 1.55. The van der Waals surface area contributed by atoms with Crippen molar-refractivity contribution in [3.05, 3.63) is 65.5 Å². The summed E-state index contributed by atoms with van der Waals surface area (Å²) in [4.78, 5) is 5.56. The van der Waals surface area contributed by atoms with E-state index in [9.17, 15) is 0 Å². The molecule has 1 aromatic carbocycles. The molecule has 1 aliphatic rings. The Kier molecular flexibility index (Phi) is 6.13. The first-order valence-corrected chi connectivity index (χ1v) is 9.13. The molecule has 2 heterocycles. The highest BCUT2D eigenvalue weighted by Crippen LogP contribution is 2.32. The van der Waals surface area contributed by atoms with E-state index in [-0.39, 0.29) is 0 Å². The summed E-state index contributed by atoms with van der Waals surface area (Å²) >= 11 is 1.76. The van der Waals surface area contributed by atoms with Gasteiger partial charge in [0.25, 0.3) is 0 Å². The quantitative estimate of drug-likeness (QED) is 0.382. The van der Waals surface area contributed by atoms with Crippen molar-refractivity contribution < 1.29 is 0 Å². The number of nitrogen functional groups attached to an aromatic ring is 1. The largest absolute Gasteiger partial charge is 0.323 e. The monoisotopic (exact) mass is 350 g/mol. The minimum Gasteiger partial charge on any atom is -0.323 e. The van der Waals surface area contributed by atoms with E-state index in [2.05, 4.69) is 38.7 Å². The molecule has 25 heavy (non-hydrogen) atoms. The lowest BCUT2D eigenvalue weighted by atomic mass is 10.1. The fraction of sp³-hybridized carbons (Fsp3) is 0.250. The van der Waals surface area contributed by atoms with Crippen molar-refractivity contribution in [1.29, 1.82) is 0 Å². The fourth-order valence-electron chi connectivity index (χ4n) is 2.64. The predicted octanol–water partition coefficient (Wildman–Crippen LogP) is 3.76. The van der Waals surface area contributed by atoms with Crippen LogP contribution in [-0.4, -0.2) is 22.4 Å². The molecular weight excluding hydrogens is 328 g/mol. The van der Waals surface area contributed by atoms with Crippen molar-refractivity contribution in [2.45, 2.75) is 24.7 Å². The number of benzene rings is 1. The number of nitrogens with two attached hydrogens (primary N) is 1. The van der Waals surface area contributed by atoms with Crippen LogP contribution in [0.2, 0.25) is 0 Å². The van der Waals surface area contributed by atoms with Crippen LogP contribution in [0.1, 0.15) is 24.2 Å². The van der Waals surface area contributed by atoms with Crippen LogP contribution in [-0.2, 0) is 0 Å². The Morgan fingerprint density at radius 2 is 1.96 bits per heavy atom. The van der Waals surface area contributed by atoms with E-state index in [0.29, 0.717) is 0 Å². The molecule has 0 spiro atoms. The zero-order chi connectivity index (χ0) is 17.5. The third-order valence-corrected chi connectivity index (χ3v) is 5.18. The van der Waals surface area contributed by atoms with Gasteiger partial charge < -0.3 is 5.43 Å². The molecule has 0 unspecified atom stereocenters. The molecule has 0 bridgehead atoms. The molecule has 1 aromatic heterocycles. The summed E-state index contributed by atoms with van der Waals surface area (Å²) < 4.78 is 2.38. The van der Waals surface area contributed by atoms with Gasteiger partial charge in [-0.05, 0) is 68.0 Å². The average Bonchev–Trinajstić information content (AvgIpc) is 2.64. The van der Waals surface area contributed by atoms with Crippen LogP contribution < -0.4 is 11.3 Å². The molecule has 0 radical (unpaired) electrons. The Labute approximate surface area is 153 Å². The van der Waals surface area contributed by atoms with E-state index in [1.807, 2.05) is 43.3 Å². The molecule has 0 amide bonds. The standard InChI is InChI=1S/C20H22N4S/c1-16-6-4-8-18(22-16)9-5-7-17-12-14-24(15-13-17)25-20-11-3-2-10-19(20)23-21/h2-4,6-8,10-11,23H,12-15,21H2,1H3. The number of nitrogens with zero attached hydrogens (tertiary/aromatic N) is 2. The minimum atomic E-state index is 0.829. The van der Waals surface area contributed by atoms with Gasteiger partial charge in [0.15, 0.2) is 0 Å². The Hall–Kier alpha value is -2.26. The third kappa shape index (κ3) is 5.10. The highest BCUT2D eigenvalue weighted by Gasteiger charge is 2.15. The summed E-state index contributed by atoms with van der Waals surface area (Å²) in [6.45, 7) is 4.01. The van der Waals surface area contributed by atoms with Crippen LogP contribution in [0, 0.1) is 18.8 Å². The first kappa shape index (κ1) is 17.6. The molecule has 3 rings (SSSR count). The van der Waals surface area contributed by atoms with E-state index < -0.39 is 0 Å². The minimum absolute atomic E-state index is 0.829. The number of rotatable bonds is 3. The second-order valence-electron chi connectivity index (χ2n) is 5.90. The predicted molar refractivity (Wildman–Crippen MR) is 105 cm³/mol. The second-order valence-corrected chi connectivity index (χ2v) is 7.04. The lowest BCUT2D eigenvalue weighted by molar-refractivity contribution is 0.434. The van der Waals surface area contributed by atoms with E-state index in [4.69, 9.17) is 5.84 Å². The smallest absolute Gasteiger partial charge is 0.113 e. The molecule has 128 valence electrons. The van der Waals surface area contributed by atoms with Crippen molar-refractivity contribution in [2.75, 3.05) is 18.5 Å². The molecular formula is C20H22N4S. The lowest BCUT2D eigenvalue weighted by Crippen LogP contribution is -2.24. The van der Waals surface area contributed by atoms with Crippen LogP contribution >= 0.6 is 11.9 Å². The van der Waals surface area contributed by atoms with Crippen molar-refractivity contribution >= 4 is 17.6 Å². The van der Waals surface area contributed by atoms with Gasteiger partial charge in [-0.1, -0.05) is 29.7 Å². The molecule has 5 heteroatoms. The molecule has 0 aliphatic carbocycles. The van der Waals surface area contributed by atoms with Gasteiger partial charge in [0.2, 0.25) is 0 Å². The number of piperidine rings is 1. The van der Waals surface area contributed by atoms with Crippen LogP contribution in [0.4, 0.5) is 5.69 Å². The highest BCUT2D eigenvalue weighted by atomic mass is 32.2. The number of nitrogens with one attached hydrogen (secondary N) is 1. The second kappa shape index (κ2) is 8.72. The summed E-state index contributed by atoms with van der Waals surface area (Å²) in [5.41, 5.74) is 6.95. The zero-order valence-corrected chi connectivity index (χ0v) is 15.1. The average molecular weight is 350 g/mol. The summed E-state index contributed by atoms with van der Waals surface area (Å²) in [7, 11) is 0. The van der Waals surface area contributed by atoms with E-state index in [1.54, 1.807) is 11.9 Å². The Morgan fingerprint density at radius 1 is 1.16 bits per heavy atom. The number of aryl methyl sites for hydroxylation is 1. The molecule has 4 nitrogen and oxygen atoms in total. The maximum atomic E-state index is 5.58. The summed E-state index contributed by atoms with van der Waals surface area (Å²) in [5, 5.41) is 0. The number of hydrogen-bond donors (Lipinski definition) is 2. The number of hydrazine groups is 1. The molecule has 1 saturated heterocycles. The first-order chi connectivity index (χ1) is 12.2. The van der Waals surface area contributed by atoms with Crippen LogP contribution in [0.3, 0.4) is 0 Å². The number of pyridine rings is 1. The van der Waals surface area contributed by atoms with Crippen LogP contribution in [0.15, 0.2) is 59.0 Å². The number of para-hydroxylation sites is 1. The molecule has 0 saturated carbocycles. The normalized spacial score (nSPS) is 14.6. The topological polar surface area (TPSA) is 54.2 Å². The van der Waals surface area contributed by atoms with Gasteiger partial charge in [0.05, 0.1) is 5.69 Å². The first-order valence-electron chi connectivity index (χ1n) is 8.36. The number of aromatic nitrogens is 1. The molecule has 3 N–H and O–H groups in total. The lowest BCUT2D eigenvalue weighted by Gasteiger charge is -2.27. The number of hydrogen-bond acceptors (Lipinski definition) is 5. The number of allylic oxidation sites excluding steroid dienone is 1. The molecule has 1 aliphatic heterocycles. The fourth-order valence-corrected chi connectivity index (χ4v) is 3.65. The van der Waals surface area contributed by atoms with E-state index in [0.717, 1.165) is 47.9 Å². The van der Waals surface area contributed by atoms with E-state index in [1.165, 1.54) is 5.57 Å². The third-order valence-electron chi connectivity index (χ3n) is 4.00. The van der Waals surface area contributed by atoms with E-state index >= 15 is 0 Å². The van der Waals surface area contributed by atoms with Crippen molar-refractivity contribution in [3.63, 3.8) is 0 Å².